The van der Waals surface area contributed by atoms with Crippen LogP contribution in [0.5, 0.6) is 0 Å². The first kappa shape index (κ1) is 16.7. The first-order valence-corrected chi connectivity index (χ1v) is 8.27. The van der Waals surface area contributed by atoms with Gasteiger partial charge in [0.1, 0.15) is 0 Å². The summed E-state index contributed by atoms with van der Waals surface area (Å²) in [5, 5.41) is 2.96. The molecule has 0 aliphatic rings. The van der Waals surface area contributed by atoms with Gasteiger partial charge in [0.25, 0.3) is 0 Å². The maximum absolute atomic E-state index is 11.7. The van der Waals surface area contributed by atoms with Crippen molar-refractivity contribution in [3.05, 3.63) is 23.2 Å². The van der Waals surface area contributed by atoms with Crippen molar-refractivity contribution in [2.24, 2.45) is 5.73 Å². The fraction of sp³-hybridized carbons (Fsp3) is 0.417. The van der Waals surface area contributed by atoms with Crippen molar-refractivity contribution in [2.45, 2.75) is 25.8 Å². The second-order valence-electron chi connectivity index (χ2n) is 4.63. The summed E-state index contributed by atoms with van der Waals surface area (Å²) in [6, 6.07) is 4.43. The lowest BCUT2D eigenvalue weighted by Crippen LogP contribution is -2.19. The molecule has 1 unspecified atom stereocenters. The van der Waals surface area contributed by atoms with E-state index in [1.807, 2.05) is 6.92 Å². The predicted molar refractivity (Wildman–Crippen MR) is 81.4 cm³/mol. The average Bonchev–Trinajstić information content (AvgIpc) is 2.29. The van der Waals surface area contributed by atoms with Gasteiger partial charge in [-0.25, -0.2) is 8.42 Å². The first-order chi connectivity index (χ1) is 9.17. The number of benzene rings is 1. The second-order valence-corrected chi connectivity index (χ2v) is 6.79. The van der Waals surface area contributed by atoms with Gasteiger partial charge in [-0.05, 0) is 31.5 Å². The van der Waals surface area contributed by atoms with E-state index in [9.17, 15) is 13.2 Å². The molecular weight excluding hydrogens is 302 g/mol. The molecule has 20 heavy (non-hydrogen) atoms. The number of hydrogen-bond donors (Lipinski definition) is 3. The standard InChI is InChI=1S/C12H18ClN3O3S/c1-8(14)3-6-12(17)15-11-7-9(4-5-10(11)13)16-20(2,18)19/h4-5,7-8,16H,3,6,14H2,1-2H3,(H,15,17). The third-order valence-corrected chi connectivity index (χ3v) is 3.31. The summed E-state index contributed by atoms with van der Waals surface area (Å²) < 4.78 is 24.6. The van der Waals surface area contributed by atoms with Gasteiger partial charge in [-0.2, -0.15) is 0 Å². The highest BCUT2D eigenvalue weighted by Crippen LogP contribution is 2.26. The van der Waals surface area contributed by atoms with E-state index in [0.29, 0.717) is 22.8 Å². The van der Waals surface area contributed by atoms with Crippen LogP contribution < -0.4 is 15.8 Å². The maximum atomic E-state index is 11.7. The van der Waals surface area contributed by atoms with Crippen molar-refractivity contribution < 1.29 is 13.2 Å². The van der Waals surface area contributed by atoms with Crippen LogP contribution in [0.25, 0.3) is 0 Å². The average molecular weight is 320 g/mol. The molecule has 0 saturated heterocycles. The summed E-state index contributed by atoms with van der Waals surface area (Å²) in [7, 11) is -3.38. The smallest absolute Gasteiger partial charge is 0.229 e. The Hall–Kier alpha value is -1.31. The Morgan fingerprint density at radius 2 is 2.10 bits per heavy atom. The molecule has 6 nitrogen and oxygen atoms in total. The molecule has 1 amide bonds. The Morgan fingerprint density at radius 1 is 1.45 bits per heavy atom. The van der Waals surface area contributed by atoms with Crippen molar-refractivity contribution in [1.82, 2.24) is 0 Å². The third kappa shape index (κ3) is 6.23. The van der Waals surface area contributed by atoms with Gasteiger partial charge in [-0.15, -0.1) is 0 Å². The molecule has 0 aliphatic carbocycles. The van der Waals surface area contributed by atoms with Gasteiger partial charge in [-0.3, -0.25) is 9.52 Å². The monoisotopic (exact) mass is 319 g/mol. The Labute approximate surface area is 123 Å². The summed E-state index contributed by atoms with van der Waals surface area (Å²) in [5.74, 6) is -0.222. The number of sulfonamides is 1. The SMILES string of the molecule is CC(N)CCC(=O)Nc1cc(NS(C)(=O)=O)ccc1Cl. The van der Waals surface area contributed by atoms with Crippen molar-refractivity contribution in [3.63, 3.8) is 0 Å². The highest BCUT2D eigenvalue weighted by atomic mass is 35.5. The zero-order valence-electron chi connectivity index (χ0n) is 11.3. The molecule has 0 heterocycles. The summed E-state index contributed by atoms with van der Waals surface area (Å²) in [5.41, 5.74) is 6.26. The quantitative estimate of drug-likeness (QED) is 0.743. The van der Waals surface area contributed by atoms with Crippen LogP contribution >= 0.6 is 11.6 Å². The van der Waals surface area contributed by atoms with Gasteiger partial charge in [0.05, 0.1) is 22.7 Å². The molecule has 0 aromatic heterocycles. The molecule has 4 N–H and O–H groups in total. The molecule has 0 saturated carbocycles. The van der Waals surface area contributed by atoms with Crippen LogP contribution in [0, 0.1) is 0 Å². The number of carbonyl (C=O) groups is 1. The first-order valence-electron chi connectivity index (χ1n) is 6.00. The van der Waals surface area contributed by atoms with E-state index in [4.69, 9.17) is 17.3 Å². The third-order valence-electron chi connectivity index (χ3n) is 2.37. The molecule has 1 aromatic carbocycles. The van der Waals surface area contributed by atoms with E-state index >= 15 is 0 Å². The zero-order valence-corrected chi connectivity index (χ0v) is 12.9. The highest BCUT2D eigenvalue weighted by Gasteiger charge is 2.09. The van der Waals surface area contributed by atoms with Crippen LogP contribution in [0.15, 0.2) is 18.2 Å². The van der Waals surface area contributed by atoms with Crippen LogP contribution in [0.2, 0.25) is 5.02 Å². The highest BCUT2D eigenvalue weighted by molar-refractivity contribution is 7.92. The van der Waals surface area contributed by atoms with E-state index in [1.165, 1.54) is 18.2 Å². The van der Waals surface area contributed by atoms with Gasteiger partial charge in [0.15, 0.2) is 0 Å². The Morgan fingerprint density at radius 3 is 2.65 bits per heavy atom. The van der Waals surface area contributed by atoms with Crippen molar-refractivity contribution in [1.29, 1.82) is 0 Å². The Balaban J connectivity index is 2.79. The minimum Gasteiger partial charge on any atom is -0.328 e. The zero-order chi connectivity index (χ0) is 15.3. The number of halogens is 1. The summed E-state index contributed by atoms with van der Waals surface area (Å²) in [6.45, 7) is 1.82. The van der Waals surface area contributed by atoms with Crippen LogP contribution in [0.3, 0.4) is 0 Å². The lowest BCUT2D eigenvalue weighted by molar-refractivity contribution is -0.116. The molecule has 0 radical (unpaired) electrons. The van der Waals surface area contributed by atoms with E-state index in [2.05, 4.69) is 10.0 Å². The number of rotatable bonds is 6. The lowest BCUT2D eigenvalue weighted by atomic mass is 10.2. The minimum atomic E-state index is -3.38. The molecule has 0 aliphatic heterocycles. The molecule has 0 spiro atoms. The number of carbonyl (C=O) groups excluding carboxylic acids is 1. The second kappa shape index (κ2) is 6.92. The normalized spacial score (nSPS) is 12.8. The molecule has 112 valence electrons. The largest absolute Gasteiger partial charge is 0.328 e. The molecule has 0 fully saturated rings. The predicted octanol–water partition coefficient (Wildman–Crippen LogP) is 1.78. The van der Waals surface area contributed by atoms with E-state index in [-0.39, 0.29) is 18.4 Å². The molecule has 1 atom stereocenters. The molecule has 0 bridgehead atoms. The van der Waals surface area contributed by atoms with Gasteiger partial charge < -0.3 is 11.1 Å². The Kier molecular flexibility index (Phi) is 5.79. The number of anilines is 2. The van der Waals surface area contributed by atoms with Gasteiger partial charge in [0, 0.05) is 12.5 Å². The topological polar surface area (TPSA) is 101 Å². The van der Waals surface area contributed by atoms with Crippen LogP contribution in [0.4, 0.5) is 11.4 Å². The molecule has 1 aromatic rings. The van der Waals surface area contributed by atoms with E-state index < -0.39 is 10.0 Å². The van der Waals surface area contributed by atoms with E-state index in [0.717, 1.165) is 6.26 Å². The van der Waals surface area contributed by atoms with Crippen LogP contribution in [-0.4, -0.2) is 26.6 Å². The Bertz CT molecular complexity index is 588. The summed E-state index contributed by atoms with van der Waals surface area (Å²) in [6.07, 6.45) is 1.88. The van der Waals surface area contributed by atoms with Gasteiger partial charge in [-0.1, -0.05) is 11.6 Å². The van der Waals surface area contributed by atoms with Crippen LogP contribution in [0.1, 0.15) is 19.8 Å². The number of amides is 1. The fourth-order valence-corrected chi connectivity index (χ4v) is 2.19. The van der Waals surface area contributed by atoms with Gasteiger partial charge >= 0.3 is 0 Å². The fourth-order valence-electron chi connectivity index (χ4n) is 1.47. The molecular formula is C12H18ClN3O3S. The number of nitrogens with one attached hydrogen (secondary N) is 2. The maximum Gasteiger partial charge on any atom is 0.229 e. The van der Waals surface area contributed by atoms with Gasteiger partial charge in [0.2, 0.25) is 15.9 Å². The molecule has 8 heteroatoms. The van der Waals surface area contributed by atoms with Crippen molar-refractivity contribution in [3.8, 4) is 0 Å². The number of hydrogen-bond acceptors (Lipinski definition) is 4. The van der Waals surface area contributed by atoms with Crippen LogP contribution in [-0.2, 0) is 14.8 Å². The number of nitrogens with two attached hydrogens (primary N) is 1. The van der Waals surface area contributed by atoms with Crippen molar-refractivity contribution in [2.75, 3.05) is 16.3 Å². The summed E-state index contributed by atoms with van der Waals surface area (Å²) in [4.78, 5) is 11.7. The molecule has 1 rings (SSSR count). The summed E-state index contributed by atoms with van der Waals surface area (Å²) >= 11 is 5.96. The minimum absolute atomic E-state index is 0.0607. The van der Waals surface area contributed by atoms with E-state index in [1.54, 1.807) is 0 Å². The van der Waals surface area contributed by atoms with Crippen molar-refractivity contribution >= 4 is 38.9 Å². The lowest BCUT2D eigenvalue weighted by Gasteiger charge is -2.11.